The molecule has 0 aliphatic heterocycles. The van der Waals surface area contributed by atoms with Crippen molar-refractivity contribution in [3.63, 3.8) is 0 Å². The summed E-state index contributed by atoms with van der Waals surface area (Å²) in [6, 6.07) is 1.91. The molecule has 1 fully saturated rings. The minimum atomic E-state index is -4.51. The van der Waals surface area contributed by atoms with Gasteiger partial charge in [-0.3, -0.25) is 4.79 Å². The van der Waals surface area contributed by atoms with Gasteiger partial charge in [0.15, 0.2) is 0 Å². The first kappa shape index (κ1) is 18.4. The number of rotatable bonds is 3. The molecule has 0 spiro atoms. The molecule has 0 atom stereocenters. The first-order chi connectivity index (χ1) is 11.2. The lowest BCUT2D eigenvalue weighted by molar-refractivity contribution is -0.143. The van der Waals surface area contributed by atoms with E-state index in [1.165, 1.54) is 0 Å². The second kappa shape index (κ2) is 7.29. The van der Waals surface area contributed by atoms with Gasteiger partial charge in [0.25, 0.3) is 0 Å². The molecule has 1 aromatic rings. The molecule has 24 heavy (non-hydrogen) atoms. The minimum absolute atomic E-state index is 0.0707. The summed E-state index contributed by atoms with van der Waals surface area (Å²) in [6.07, 6.45) is -2.49. The zero-order chi connectivity index (χ0) is 17.9. The summed E-state index contributed by atoms with van der Waals surface area (Å²) >= 11 is 5.77. The van der Waals surface area contributed by atoms with E-state index in [0.29, 0.717) is 25.7 Å². The van der Waals surface area contributed by atoms with E-state index in [-0.39, 0.29) is 16.8 Å². The number of anilines is 1. The normalized spacial score (nSPS) is 21.2. The number of hydrogen-bond donors (Lipinski definition) is 3. The molecule has 9 heteroatoms. The highest BCUT2D eigenvalue weighted by atomic mass is 35.5. The summed E-state index contributed by atoms with van der Waals surface area (Å²) < 4.78 is 37.7. The second-order valence-corrected chi connectivity index (χ2v) is 6.08. The average molecular weight is 365 g/mol. The average Bonchev–Trinajstić information content (AvgIpc) is 2.48. The van der Waals surface area contributed by atoms with Gasteiger partial charge in [-0.2, -0.15) is 13.2 Å². The first-order valence-corrected chi connectivity index (χ1v) is 7.71. The zero-order valence-corrected chi connectivity index (χ0v) is 13.2. The van der Waals surface area contributed by atoms with E-state index in [1.54, 1.807) is 0 Å². The van der Waals surface area contributed by atoms with Crippen molar-refractivity contribution in [2.75, 3.05) is 5.32 Å². The number of hydrogen-bond acceptors (Lipinski definition) is 2. The van der Waals surface area contributed by atoms with E-state index in [0.717, 1.165) is 18.2 Å². The van der Waals surface area contributed by atoms with Crippen LogP contribution in [0.15, 0.2) is 18.2 Å². The highest BCUT2D eigenvalue weighted by molar-refractivity contribution is 6.33. The fourth-order valence-electron chi connectivity index (χ4n) is 2.62. The van der Waals surface area contributed by atoms with E-state index in [2.05, 4.69) is 10.6 Å². The van der Waals surface area contributed by atoms with Crippen molar-refractivity contribution in [1.82, 2.24) is 5.32 Å². The smallest absolute Gasteiger partial charge is 0.416 e. The van der Waals surface area contributed by atoms with Gasteiger partial charge in [0.05, 0.1) is 22.2 Å². The number of halogens is 4. The van der Waals surface area contributed by atoms with Crippen molar-refractivity contribution in [1.29, 1.82) is 0 Å². The zero-order valence-electron chi connectivity index (χ0n) is 12.5. The third-order valence-electron chi connectivity index (χ3n) is 3.96. The number of amides is 2. The fraction of sp³-hybridized carbons (Fsp3) is 0.467. The lowest BCUT2D eigenvalue weighted by Crippen LogP contribution is -2.41. The topological polar surface area (TPSA) is 78.4 Å². The fourth-order valence-corrected chi connectivity index (χ4v) is 2.85. The quantitative estimate of drug-likeness (QED) is 0.754. The van der Waals surface area contributed by atoms with Crippen molar-refractivity contribution in [3.8, 4) is 0 Å². The first-order valence-electron chi connectivity index (χ1n) is 7.34. The van der Waals surface area contributed by atoms with Gasteiger partial charge >= 0.3 is 18.2 Å². The second-order valence-electron chi connectivity index (χ2n) is 5.68. The van der Waals surface area contributed by atoms with Gasteiger partial charge in [-0.15, -0.1) is 0 Å². The highest BCUT2D eigenvalue weighted by Gasteiger charge is 2.31. The SMILES string of the molecule is O=C(Nc1ccc(C(F)(F)F)cc1Cl)NC1CCC(C(=O)O)CC1. The Labute approximate surface area is 141 Å². The van der Waals surface area contributed by atoms with Gasteiger partial charge in [0.1, 0.15) is 0 Å². The third kappa shape index (κ3) is 4.77. The van der Waals surface area contributed by atoms with Crippen LogP contribution in [-0.4, -0.2) is 23.1 Å². The summed E-state index contributed by atoms with van der Waals surface area (Å²) in [5.41, 5.74) is -0.827. The predicted molar refractivity (Wildman–Crippen MR) is 82.0 cm³/mol. The number of carbonyl (C=O) groups excluding carboxylic acids is 1. The summed E-state index contributed by atoms with van der Waals surface area (Å²) in [5, 5.41) is 13.8. The number of alkyl halides is 3. The highest BCUT2D eigenvalue weighted by Crippen LogP contribution is 2.33. The number of nitrogens with one attached hydrogen (secondary N) is 2. The van der Waals surface area contributed by atoms with Crippen molar-refractivity contribution in [2.24, 2.45) is 5.92 Å². The Kier molecular flexibility index (Phi) is 5.58. The van der Waals surface area contributed by atoms with Gasteiger partial charge in [-0.05, 0) is 43.9 Å². The number of carbonyl (C=O) groups is 2. The molecule has 1 aliphatic carbocycles. The molecular formula is C15H16ClF3N2O3. The largest absolute Gasteiger partial charge is 0.481 e. The molecule has 2 rings (SSSR count). The van der Waals surface area contributed by atoms with Gasteiger partial charge in [0, 0.05) is 6.04 Å². The maximum atomic E-state index is 12.6. The van der Waals surface area contributed by atoms with Gasteiger partial charge in [-0.25, -0.2) is 4.79 Å². The van der Waals surface area contributed by atoms with Crippen LogP contribution in [0.4, 0.5) is 23.7 Å². The van der Waals surface area contributed by atoms with Crippen LogP contribution in [0.5, 0.6) is 0 Å². The molecule has 3 N–H and O–H groups in total. The van der Waals surface area contributed by atoms with Crippen LogP contribution in [0.3, 0.4) is 0 Å². The molecule has 0 bridgehead atoms. The monoisotopic (exact) mass is 364 g/mol. The van der Waals surface area contributed by atoms with Crippen molar-refractivity contribution < 1.29 is 27.9 Å². The van der Waals surface area contributed by atoms with Crippen LogP contribution in [0, 0.1) is 5.92 Å². The number of aliphatic carboxylic acids is 1. The molecule has 0 unspecified atom stereocenters. The van der Waals surface area contributed by atoms with Gasteiger partial charge < -0.3 is 15.7 Å². The van der Waals surface area contributed by atoms with Crippen LogP contribution < -0.4 is 10.6 Å². The standard InChI is InChI=1S/C15H16ClF3N2O3/c16-11-7-9(15(17,18)19)3-6-12(11)21-14(24)20-10-4-1-8(2-5-10)13(22)23/h3,6-8,10H,1-2,4-5H2,(H,22,23)(H2,20,21,24). The summed E-state index contributed by atoms with van der Waals surface area (Å²) in [5.74, 6) is -1.23. The molecule has 0 radical (unpaired) electrons. The Hall–Kier alpha value is -1.96. The minimum Gasteiger partial charge on any atom is -0.481 e. The van der Waals surface area contributed by atoms with Crippen LogP contribution >= 0.6 is 11.6 Å². The molecule has 1 aliphatic rings. The van der Waals surface area contributed by atoms with E-state index in [9.17, 15) is 22.8 Å². The number of benzene rings is 1. The van der Waals surface area contributed by atoms with Crippen LogP contribution in [-0.2, 0) is 11.0 Å². The van der Waals surface area contributed by atoms with Gasteiger partial charge in [-0.1, -0.05) is 11.6 Å². The van der Waals surface area contributed by atoms with E-state index in [1.807, 2.05) is 0 Å². The van der Waals surface area contributed by atoms with Gasteiger partial charge in [0.2, 0.25) is 0 Å². The molecule has 0 saturated heterocycles. The maximum absolute atomic E-state index is 12.6. The van der Waals surface area contributed by atoms with Crippen molar-refractivity contribution in [2.45, 2.75) is 37.9 Å². The molecular weight excluding hydrogens is 349 g/mol. The van der Waals surface area contributed by atoms with Crippen molar-refractivity contribution in [3.05, 3.63) is 28.8 Å². The molecule has 5 nitrogen and oxygen atoms in total. The molecule has 1 aromatic carbocycles. The molecule has 1 saturated carbocycles. The van der Waals surface area contributed by atoms with E-state index >= 15 is 0 Å². The molecule has 132 valence electrons. The Morgan fingerprint density at radius 1 is 1.17 bits per heavy atom. The third-order valence-corrected chi connectivity index (χ3v) is 4.27. The molecule has 2 amide bonds. The number of urea groups is 1. The predicted octanol–water partition coefficient (Wildman–Crippen LogP) is 4.12. The summed E-state index contributed by atoms with van der Waals surface area (Å²) in [7, 11) is 0. The van der Waals surface area contributed by atoms with Crippen LogP contribution in [0.1, 0.15) is 31.2 Å². The summed E-state index contributed by atoms with van der Waals surface area (Å²) in [4.78, 5) is 22.8. The lowest BCUT2D eigenvalue weighted by atomic mass is 9.86. The van der Waals surface area contributed by atoms with E-state index < -0.39 is 29.7 Å². The number of carboxylic acid groups (broad SMARTS) is 1. The molecule has 0 heterocycles. The van der Waals surface area contributed by atoms with Crippen molar-refractivity contribution >= 4 is 29.3 Å². The number of carboxylic acids is 1. The lowest BCUT2D eigenvalue weighted by Gasteiger charge is -2.26. The van der Waals surface area contributed by atoms with E-state index in [4.69, 9.17) is 16.7 Å². The molecule has 0 aromatic heterocycles. The van der Waals surface area contributed by atoms with Crippen LogP contribution in [0.2, 0.25) is 5.02 Å². The Morgan fingerprint density at radius 3 is 2.29 bits per heavy atom. The maximum Gasteiger partial charge on any atom is 0.416 e. The van der Waals surface area contributed by atoms with Crippen LogP contribution in [0.25, 0.3) is 0 Å². The Morgan fingerprint density at radius 2 is 1.79 bits per heavy atom. The Balaban J connectivity index is 1.90. The summed E-state index contributed by atoms with van der Waals surface area (Å²) in [6.45, 7) is 0. The Bertz CT molecular complexity index is 629.